The number of hydrogen-bond acceptors (Lipinski definition) is 2. The molecule has 2 nitrogen and oxygen atoms in total. The van der Waals surface area contributed by atoms with E-state index >= 15 is 0 Å². The van der Waals surface area contributed by atoms with Crippen LogP contribution in [0.1, 0.15) is 32.6 Å². The van der Waals surface area contributed by atoms with E-state index in [0.717, 1.165) is 24.9 Å². The summed E-state index contributed by atoms with van der Waals surface area (Å²) in [6.07, 6.45) is 4.32. The van der Waals surface area contributed by atoms with Crippen LogP contribution in [0.25, 0.3) is 0 Å². The van der Waals surface area contributed by atoms with Crippen LogP contribution in [0.5, 0.6) is 0 Å². The molecule has 1 aromatic carbocycles. The standard InChI is InChI=1S/C14H17ClN2/c1-11-6-4-5-9-14(11,10-16)17-13-8-3-2-7-12(13)15/h2-3,7-8,11,17H,4-6,9H2,1H3. The molecule has 0 amide bonds. The molecule has 90 valence electrons. The summed E-state index contributed by atoms with van der Waals surface area (Å²) in [5.74, 6) is 0.359. The van der Waals surface area contributed by atoms with Crippen molar-refractivity contribution in [1.82, 2.24) is 0 Å². The van der Waals surface area contributed by atoms with E-state index < -0.39 is 5.54 Å². The molecule has 0 bridgehead atoms. The van der Waals surface area contributed by atoms with Crippen LogP contribution in [0.4, 0.5) is 5.69 Å². The molecular weight excluding hydrogens is 232 g/mol. The number of benzene rings is 1. The Kier molecular flexibility index (Phi) is 3.59. The fraction of sp³-hybridized carbons (Fsp3) is 0.500. The molecule has 1 aromatic rings. The minimum Gasteiger partial charge on any atom is -0.366 e. The van der Waals surface area contributed by atoms with Crippen molar-refractivity contribution in [3.05, 3.63) is 29.3 Å². The molecule has 2 rings (SSSR count). The molecule has 0 aliphatic heterocycles. The van der Waals surface area contributed by atoms with Gasteiger partial charge in [-0.3, -0.25) is 0 Å². The Labute approximate surface area is 108 Å². The van der Waals surface area contributed by atoms with Crippen LogP contribution in [0.2, 0.25) is 5.02 Å². The lowest BCUT2D eigenvalue weighted by atomic mass is 9.74. The summed E-state index contributed by atoms with van der Waals surface area (Å²) in [6, 6.07) is 10.1. The van der Waals surface area contributed by atoms with Gasteiger partial charge in [0.15, 0.2) is 0 Å². The number of nitriles is 1. The van der Waals surface area contributed by atoms with Gasteiger partial charge in [0.05, 0.1) is 16.8 Å². The zero-order chi connectivity index (χ0) is 12.3. The number of rotatable bonds is 2. The second kappa shape index (κ2) is 4.98. The molecule has 1 fully saturated rings. The zero-order valence-electron chi connectivity index (χ0n) is 10.0. The van der Waals surface area contributed by atoms with Crippen molar-refractivity contribution in [2.45, 2.75) is 38.1 Å². The van der Waals surface area contributed by atoms with Gasteiger partial charge in [-0.1, -0.05) is 43.5 Å². The summed E-state index contributed by atoms with van der Waals surface area (Å²) < 4.78 is 0. The molecule has 17 heavy (non-hydrogen) atoms. The number of anilines is 1. The molecule has 0 radical (unpaired) electrons. The molecular formula is C14H17ClN2. The van der Waals surface area contributed by atoms with Gasteiger partial charge in [-0.25, -0.2) is 0 Å². The number of halogens is 1. The first-order valence-corrected chi connectivity index (χ1v) is 6.50. The lowest BCUT2D eigenvalue weighted by Gasteiger charge is -2.38. The molecule has 0 saturated heterocycles. The Balaban J connectivity index is 2.26. The van der Waals surface area contributed by atoms with Gasteiger partial charge in [0.25, 0.3) is 0 Å². The van der Waals surface area contributed by atoms with E-state index in [1.165, 1.54) is 6.42 Å². The largest absolute Gasteiger partial charge is 0.366 e. The molecule has 0 spiro atoms. The van der Waals surface area contributed by atoms with Crippen molar-refractivity contribution >= 4 is 17.3 Å². The maximum absolute atomic E-state index is 9.51. The molecule has 1 saturated carbocycles. The Bertz CT molecular complexity index is 438. The van der Waals surface area contributed by atoms with Gasteiger partial charge < -0.3 is 5.32 Å². The topological polar surface area (TPSA) is 35.8 Å². The Hall–Kier alpha value is -1.20. The molecule has 3 heteroatoms. The van der Waals surface area contributed by atoms with Crippen LogP contribution < -0.4 is 5.32 Å². The molecule has 2 atom stereocenters. The zero-order valence-corrected chi connectivity index (χ0v) is 10.8. The first kappa shape index (κ1) is 12.3. The number of hydrogen-bond donors (Lipinski definition) is 1. The highest BCUT2D eigenvalue weighted by atomic mass is 35.5. The van der Waals surface area contributed by atoms with Crippen molar-refractivity contribution in [3.63, 3.8) is 0 Å². The summed E-state index contributed by atoms with van der Waals surface area (Å²) >= 11 is 6.14. The third kappa shape index (κ3) is 2.40. The number of nitrogens with zero attached hydrogens (tertiary/aromatic N) is 1. The second-order valence-electron chi connectivity index (χ2n) is 4.83. The third-order valence-electron chi connectivity index (χ3n) is 3.73. The monoisotopic (exact) mass is 248 g/mol. The summed E-state index contributed by atoms with van der Waals surface area (Å²) in [6.45, 7) is 2.15. The van der Waals surface area contributed by atoms with Gasteiger partial charge in [-0.15, -0.1) is 0 Å². The first-order chi connectivity index (χ1) is 8.18. The van der Waals surface area contributed by atoms with E-state index in [4.69, 9.17) is 11.6 Å². The molecule has 1 aliphatic rings. The summed E-state index contributed by atoms with van der Waals surface area (Å²) in [4.78, 5) is 0. The van der Waals surface area contributed by atoms with Crippen molar-refractivity contribution in [2.24, 2.45) is 5.92 Å². The summed E-state index contributed by atoms with van der Waals surface area (Å²) in [5, 5.41) is 13.6. The van der Waals surface area contributed by atoms with Gasteiger partial charge in [0, 0.05) is 0 Å². The van der Waals surface area contributed by atoms with Crippen molar-refractivity contribution in [3.8, 4) is 6.07 Å². The van der Waals surface area contributed by atoms with Gasteiger partial charge in [0.1, 0.15) is 5.54 Å². The summed E-state index contributed by atoms with van der Waals surface area (Å²) in [5.41, 5.74) is 0.410. The third-order valence-corrected chi connectivity index (χ3v) is 4.06. The maximum atomic E-state index is 9.51. The molecule has 2 unspecified atom stereocenters. The highest BCUT2D eigenvalue weighted by Crippen LogP contribution is 2.37. The van der Waals surface area contributed by atoms with Crippen molar-refractivity contribution < 1.29 is 0 Å². The molecule has 1 aliphatic carbocycles. The average Bonchev–Trinajstić information content (AvgIpc) is 2.35. The Morgan fingerprint density at radius 1 is 1.41 bits per heavy atom. The fourth-order valence-electron chi connectivity index (χ4n) is 2.53. The van der Waals surface area contributed by atoms with E-state index in [0.29, 0.717) is 10.9 Å². The van der Waals surface area contributed by atoms with Crippen LogP contribution in [0.3, 0.4) is 0 Å². The SMILES string of the molecule is CC1CCCCC1(C#N)Nc1ccccc1Cl. The highest BCUT2D eigenvalue weighted by molar-refractivity contribution is 6.33. The number of nitrogens with one attached hydrogen (secondary N) is 1. The van der Waals surface area contributed by atoms with Crippen LogP contribution in [-0.4, -0.2) is 5.54 Å². The van der Waals surface area contributed by atoms with Crippen molar-refractivity contribution in [2.75, 3.05) is 5.32 Å². The van der Waals surface area contributed by atoms with Gasteiger partial charge in [-0.2, -0.15) is 5.26 Å². The van der Waals surface area contributed by atoms with Gasteiger partial charge >= 0.3 is 0 Å². The number of para-hydroxylation sites is 1. The van der Waals surface area contributed by atoms with Crippen LogP contribution in [0.15, 0.2) is 24.3 Å². The predicted molar refractivity (Wildman–Crippen MR) is 71.1 cm³/mol. The van der Waals surface area contributed by atoms with Crippen LogP contribution in [0, 0.1) is 17.2 Å². The van der Waals surface area contributed by atoms with E-state index in [2.05, 4.69) is 18.3 Å². The van der Waals surface area contributed by atoms with E-state index in [-0.39, 0.29) is 0 Å². The van der Waals surface area contributed by atoms with Gasteiger partial charge in [0.2, 0.25) is 0 Å². The van der Waals surface area contributed by atoms with Crippen LogP contribution >= 0.6 is 11.6 Å². The predicted octanol–water partition coefficient (Wildman–Crippen LogP) is 4.22. The Morgan fingerprint density at radius 2 is 2.18 bits per heavy atom. The average molecular weight is 249 g/mol. The molecule has 0 heterocycles. The molecule has 1 N–H and O–H groups in total. The van der Waals surface area contributed by atoms with E-state index in [1.54, 1.807) is 0 Å². The highest BCUT2D eigenvalue weighted by Gasteiger charge is 2.38. The van der Waals surface area contributed by atoms with E-state index in [1.807, 2.05) is 24.3 Å². The van der Waals surface area contributed by atoms with Crippen LogP contribution in [-0.2, 0) is 0 Å². The maximum Gasteiger partial charge on any atom is 0.128 e. The fourth-order valence-corrected chi connectivity index (χ4v) is 2.71. The van der Waals surface area contributed by atoms with Crippen molar-refractivity contribution in [1.29, 1.82) is 5.26 Å². The second-order valence-corrected chi connectivity index (χ2v) is 5.24. The van der Waals surface area contributed by atoms with Gasteiger partial charge in [-0.05, 0) is 30.9 Å². The summed E-state index contributed by atoms with van der Waals surface area (Å²) in [7, 11) is 0. The normalized spacial score (nSPS) is 28.4. The minimum atomic E-state index is -0.455. The van der Waals surface area contributed by atoms with E-state index in [9.17, 15) is 5.26 Å². The first-order valence-electron chi connectivity index (χ1n) is 6.12. The lowest BCUT2D eigenvalue weighted by Crippen LogP contribution is -2.45. The Morgan fingerprint density at radius 3 is 2.82 bits per heavy atom. The lowest BCUT2D eigenvalue weighted by molar-refractivity contribution is 0.286. The minimum absolute atomic E-state index is 0.359. The molecule has 0 aromatic heterocycles. The quantitative estimate of drug-likeness (QED) is 0.850. The smallest absolute Gasteiger partial charge is 0.128 e.